The van der Waals surface area contributed by atoms with Crippen molar-refractivity contribution in [2.45, 2.75) is 45.0 Å². The normalized spacial score (nSPS) is 12.5. The van der Waals surface area contributed by atoms with E-state index in [1.165, 1.54) is 29.7 Å². The van der Waals surface area contributed by atoms with Crippen LogP contribution in [0.1, 0.15) is 41.0 Å². The molecule has 0 saturated carbocycles. The number of aliphatic carboxylic acids is 1. The van der Waals surface area contributed by atoms with Gasteiger partial charge in [-0.05, 0) is 31.9 Å². The number of benzene rings is 1. The van der Waals surface area contributed by atoms with Crippen molar-refractivity contribution in [2.75, 3.05) is 0 Å². The molecular formula is C22H19ClF5N3O4. The van der Waals surface area contributed by atoms with Crippen LogP contribution in [-0.4, -0.2) is 38.6 Å². The first-order valence-corrected chi connectivity index (χ1v) is 10.6. The third-order valence-corrected chi connectivity index (χ3v) is 5.24. The van der Waals surface area contributed by atoms with Gasteiger partial charge in [0.2, 0.25) is 0 Å². The van der Waals surface area contributed by atoms with Crippen LogP contribution in [0.15, 0.2) is 30.5 Å². The van der Waals surface area contributed by atoms with E-state index in [0.29, 0.717) is 0 Å². The summed E-state index contributed by atoms with van der Waals surface area (Å²) in [5.41, 5.74) is -0.287. The molecule has 3 aromatic rings. The zero-order valence-corrected chi connectivity index (χ0v) is 18.9. The summed E-state index contributed by atoms with van der Waals surface area (Å²) in [4.78, 5) is 28.6. The summed E-state index contributed by atoms with van der Waals surface area (Å²) in [6.07, 6.45) is -5.30. The molecule has 35 heavy (non-hydrogen) atoms. The third-order valence-electron chi connectivity index (χ3n) is 5.03. The molecule has 2 N–H and O–H groups in total. The topological polar surface area (TPSA) is 92.9 Å². The zero-order valence-electron chi connectivity index (χ0n) is 18.1. The molecule has 1 atom stereocenters. The first-order valence-electron chi connectivity index (χ1n) is 10.2. The Kier molecular flexibility index (Phi) is 7.83. The molecule has 0 aliphatic rings. The summed E-state index contributed by atoms with van der Waals surface area (Å²) in [6.45, 7) is 0.928. The van der Waals surface area contributed by atoms with E-state index in [9.17, 15) is 36.6 Å². The van der Waals surface area contributed by atoms with Gasteiger partial charge in [-0.15, -0.1) is 0 Å². The maximum Gasteiger partial charge on any atom is 0.389 e. The van der Waals surface area contributed by atoms with Gasteiger partial charge in [0.1, 0.15) is 30.0 Å². The van der Waals surface area contributed by atoms with E-state index < -0.39 is 61.6 Å². The SMILES string of the molecule is Cc1nc2c(OCc3c(F)cccc3F)cc(Cl)cn2c1C(=O)NC(CCCC(F)(F)F)C(=O)O. The van der Waals surface area contributed by atoms with Crippen molar-refractivity contribution in [3.8, 4) is 5.75 Å². The highest BCUT2D eigenvalue weighted by Crippen LogP contribution is 2.28. The van der Waals surface area contributed by atoms with Crippen LogP contribution >= 0.6 is 11.6 Å². The lowest BCUT2D eigenvalue weighted by Gasteiger charge is -2.15. The Morgan fingerprint density at radius 3 is 2.51 bits per heavy atom. The second-order valence-electron chi connectivity index (χ2n) is 7.62. The first kappa shape index (κ1) is 26.2. The molecule has 1 unspecified atom stereocenters. The number of aromatic nitrogens is 2. The fourth-order valence-corrected chi connectivity index (χ4v) is 3.58. The van der Waals surface area contributed by atoms with Gasteiger partial charge >= 0.3 is 12.1 Å². The van der Waals surface area contributed by atoms with Crippen molar-refractivity contribution in [1.82, 2.24) is 14.7 Å². The van der Waals surface area contributed by atoms with Gasteiger partial charge in [0, 0.05) is 18.7 Å². The summed E-state index contributed by atoms with van der Waals surface area (Å²) in [5.74, 6) is -4.08. The summed E-state index contributed by atoms with van der Waals surface area (Å²) in [5, 5.41) is 11.6. The Balaban J connectivity index is 1.86. The Labute approximate surface area is 200 Å². The van der Waals surface area contributed by atoms with Gasteiger partial charge in [0.15, 0.2) is 11.4 Å². The minimum absolute atomic E-state index is 0.0118. The molecule has 0 radical (unpaired) electrons. The molecule has 0 bridgehead atoms. The summed E-state index contributed by atoms with van der Waals surface area (Å²) in [6, 6.07) is 3.06. The fourth-order valence-electron chi connectivity index (χ4n) is 3.39. The van der Waals surface area contributed by atoms with Crippen molar-refractivity contribution >= 4 is 29.1 Å². The van der Waals surface area contributed by atoms with E-state index >= 15 is 0 Å². The maximum atomic E-state index is 13.9. The number of fused-ring (bicyclic) bond motifs is 1. The molecule has 0 aliphatic heterocycles. The Morgan fingerprint density at radius 1 is 1.26 bits per heavy atom. The van der Waals surface area contributed by atoms with Crippen molar-refractivity contribution in [3.63, 3.8) is 0 Å². The highest BCUT2D eigenvalue weighted by Gasteiger charge is 2.29. The minimum atomic E-state index is -4.45. The van der Waals surface area contributed by atoms with Crippen LogP contribution in [0, 0.1) is 18.6 Å². The quantitative estimate of drug-likeness (QED) is 0.385. The smallest absolute Gasteiger partial charge is 0.389 e. The van der Waals surface area contributed by atoms with Gasteiger partial charge in [0.05, 0.1) is 16.3 Å². The number of carboxylic acid groups (broad SMARTS) is 1. The van der Waals surface area contributed by atoms with E-state index in [1.807, 2.05) is 0 Å². The van der Waals surface area contributed by atoms with Gasteiger partial charge in [-0.3, -0.25) is 9.20 Å². The van der Waals surface area contributed by atoms with Crippen molar-refractivity contribution in [2.24, 2.45) is 0 Å². The summed E-state index contributed by atoms with van der Waals surface area (Å²) in [7, 11) is 0. The number of carbonyl (C=O) groups is 2. The number of carbonyl (C=O) groups excluding carboxylic acids is 1. The number of pyridine rings is 1. The van der Waals surface area contributed by atoms with Crippen LogP contribution in [0.25, 0.3) is 5.65 Å². The van der Waals surface area contributed by atoms with E-state index in [-0.39, 0.29) is 33.4 Å². The number of halogens is 6. The van der Waals surface area contributed by atoms with E-state index in [0.717, 1.165) is 12.1 Å². The molecule has 2 heterocycles. The number of carboxylic acids is 1. The maximum absolute atomic E-state index is 13.9. The van der Waals surface area contributed by atoms with Crippen LogP contribution < -0.4 is 10.1 Å². The molecule has 0 spiro atoms. The second kappa shape index (κ2) is 10.5. The van der Waals surface area contributed by atoms with Gasteiger partial charge < -0.3 is 15.2 Å². The van der Waals surface area contributed by atoms with E-state index in [4.69, 9.17) is 16.3 Å². The van der Waals surface area contributed by atoms with Crippen LogP contribution in [0.4, 0.5) is 22.0 Å². The third kappa shape index (κ3) is 6.38. The number of amides is 1. The van der Waals surface area contributed by atoms with Gasteiger partial charge in [-0.2, -0.15) is 13.2 Å². The van der Waals surface area contributed by atoms with E-state index in [2.05, 4.69) is 10.3 Å². The lowest BCUT2D eigenvalue weighted by molar-refractivity contribution is -0.142. The minimum Gasteiger partial charge on any atom is -0.485 e. The molecule has 0 saturated heterocycles. The molecule has 13 heteroatoms. The fraction of sp³-hybridized carbons (Fsp3) is 0.318. The largest absolute Gasteiger partial charge is 0.485 e. The molecule has 1 aromatic carbocycles. The first-order chi connectivity index (χ1) is 16.4. The predicted octanol–water partition coefficient (Wildman–Crippen LogP) is 5.07. The summed E-state index contributed by atoms with van der Waals surface area (Å²) < 4.78 is 71.8. The van der Waals surface area contributed by atoms with E-state index in [1.54, 1.807) is 0 Å². The number of hydrogen-bond acceptors (Lipinski definition) is 4. The zero-order chi connectivity index (χ0) is 25.9. The van der Waals surface area contributed by atoms with Crippen molar-refractivity contribution in [3.05, 3.63) is 64.1 Å². The lowest BCUT2D eigenvalue weighted by atomic mass is 10.1. The number of imidazole rings is 1. The summed E-state index contributed by atoms with van der Waals surface area (Å²) >= 11 is 6.11. The molecule has 2 aromatic heterocycles. The van der Waals surface area contributed by atoms with Crippen LogP contribution in [0.2, 0.25) is 5.02 Å². The Hall–Kier alpha value is -3.41. The number of hydrogen-bond donors (Lipinski definition) is 2. The number of aryl methyl sites for hydroxylation is 1. The molecule has 0 fully saturated rings. The number of ether oxygens (including phenoxy) is 1. The van der Waals surface area contributed by atoms with Gasteiger partial charge in [-0.25, -0.2) is 18.6 Å². The number of alkyl halides is 3. The molecule has 3 rings (SSSR count). The predicted molar refractivity (Wildman–Crippen MR) is 114 cm³/mol. The Morgan fingerprint density at radius 2 is 1.91 bits per heavy atom. The average Bonchev–Trinajstić information content (AvgIpc) is 3.07. The van der Waals surface area contributed by atoms with Gasteiger partial charge in [-0.1, -0.05) is 17.7 Å². The van der Waals surface area contributed by atoms with Crippen molar-refractivity contribution < 1.29 is 41.4 Å². The molecule has 7 nitrogen and oxygen atoms in total. The second-order valence-corrected chi connectivity index (χ2v) is 8.06. The monoisotopic (exact) mass is 519 g/mol. The van der Waals surface area contributed by atoms with Gasteiger partial charge in [0.25, 0.3) is 5.91 Å². The van der Waals surface area contributed by atoms with Crippen LogP contribution in [0.3, 0.4) is 0 Å². The molecule has 0 aliphatic carbocycles. The van der Waals surface area contributed by atoms with Crippen LogP contribution in [0.5, 0.6) is 5.75 Å². The van der Waals surface area contributed by atoms with Crippen molar-refractivity contribution in [1.29, 1.82) is 0 Å². The molecular weight excluding hydrogens is 501 g/mol. The standard InChI is InChI=1S/C22H19ClF5N3O4/c1-11-18(20(32)30-16(21(33)34)6-3-7-22(26,27)28)31-9-12(23)8-17(19(31)29-11)35-10-13-14(24)4-2-5-15(13)25/h2,4-5,8-9,16H,3,6-7,10H2,1H3,(H,30,32)(H,33,34). The number of nitrogens with zero attached hydrogens (tertiary/aromatic N) is 2. The average molecular weight is 520 g/mol. The lowest BCUT2D eigenvalue weighted by Crippen LogP contribution is -2.41. The molecule has 188 valence electrons. The molecule has 1 amide bonds. The number of nitrogens with one attached hydrogen (secondary N) is 1. The van der Waals surface area contributed by atoms with Crippen LogP contribution in [-0.2, 0) is 11.4 Å². The highest BCUT2D eigenvalue weighted by atomic mass is 35.5. The highest BCUT2D eigenvalue weighted by molar-refractivity contribution is 6.30. The Bertz CT molecular complexity index is 1240. The number of rotatable bonds is 9.